The van der Waals surface area contributed by atoms with E-state index in [1.54, 1.807) is 7.11 Å². The minimum Gasteiger partial charge on any atom is -0.497 e. The van der Waals surface area contributed by atoms with Crippen molar-refractivity contribution in [3.05, 3.63) is 29.8 Å². The molecule has 21 heavy (non-hydrogen) atoms. The summed E-state index contributed by atoms with van der Waals surface area (Å²) < 4.78 is 10.8. The molecule has 1 aliphatic heterocycles. The zero-order valence-corrected chi connectivity index (χ0v) is 12.3. The van der Waals surface area contributed by atoms with Gasteiger partial charge in [-0.1, -0.05) is 12.1 Å². The molecule has 1 amide bonds. The van der Waals surface area contributed by atoms with Crippen molar-refractivity contribution in [1.82, 2.24) is 5.32 Å². The van der Waals surface area contributed by atoms with E-state index in [0.29, 0.717) is 18.1 Å². The van der Waals surface area contributed by atoms with Gasteiger partial charge in [0.15, 0.2) is 0 Å². The van der Waals surface area contributed by atoms with Crippen molar-refractivity contribution in [2.24, 2.45) is 5.92 Å². The standard InChI is InChI=1S/C17H21NO3/c1-20-12-4-2-11(3-5-12)17(7-8-17)16(19)18-14-10-15-13(14)6-9-21-15/h2-5,13-15H,6-10H2,1H3,(H,18,19)/t13-,14+,15+/m1/s1. The van der Waals surface area contributed by atoms with Gasteiger partial charge in [-0.15, -0.1) is 0 Å². The lowest BCUT2D eigenvalue weighted by molar-refractivity contribution is -0.126. The second kappa shape index (κ2) is 4.73. The lowest BCUT2D eigenvalue weighted by Crippen LogP contribution is -2.55. The molecule has 1 saturated heterocycles. The Morgan fingerprint density at radius 2 is 2.10 bits per heavy atom. The van der Waals surface area contributed by atoms with Gasteiger partial charge >= 0.3 is 0 Å². The first-order chi connectivity index (χ1) is 10.2. The fourth-order valence-electron chi connectivity index (χ4n) is 3.75. The average molecular weight is 287 g/mol. The first-order valence-electron chi connectivity index (χ1n) is 7.80. The van der Waals surface area contributed by atoms with Crippen LogP contribution in [0.1, 0.15) is 31.2 Å². The van der Waals surface area contributed by atoms with Crippen molar-refractivity contribution in [2.75, 3.05) is 13.7 Å². The van der Waals surface area contributed by atoms with E-state index >= 15 is 0 Å². The number of hydrogen-bond acceptors (Lipinski definition) is 3. The number of rotatable bonds is 4. The normalized spacial score (nSPS) is 32.0. The molecule has 1 N–H and O–H groups in total. The Labute approximate surface area is 124 Å². The monoisotopic (exact) mass is 287 g/mol. The molecule has 1 aromatic rings. The Kier molecular flexibility index (Phi) is 2.96. The first-order valence-corrected chi connectivity index (χ1v) is 7.80. The number of hydrogen-bond donors (Lipinski definition) is 1. The predicted molar refractivity (Wildman–Crippen MR) is 78.3 cm³/mol. The highest BCUT2D eigenvalue weighted by molar-refractivity contribution is 5.91. The van der Waals surface area contributed by atoms with Crippen LogP contribution in [0.5, 0.6) is 5.75 Å². The number of amides is 1. The molecule has 2 aliphatic carbocycles. The second-order valence-corrected chi connectivity index (χ2v) is 6.49. The first kappa shape index (κ1) is 13.1. The Hall–Kier alpha value is -1.55. The van der Waals surface area contributed by atoms with Crippen LogP contribution in [0.3, 0.4) is 0 Å². The molecule has 0 bridgehead atoms. The summed E-state index contributed by atoms with van der Waals surface area (Å²) in [4.78, 5) is 12.7. The van der Waals surface area contributed by atoms with Crippen LogP contribution < -0.4 is 10.1 Å². The predicted octanol–water partition coefficient (Wildman–Crippen LogP) is 2.02. The van der Waals surface area contributed by atoms with Gasteiger partial charge in [-0.3, -0.25) is 4.79 Å². The van der Waals surface area contributed by atoms with E-state index in [0.717, 1.165) is 43.6 Å². The van der Waals surface area contributed by atoms with Gasteiger partial charge in [0.05, 0.1) is 18.6 Å². The van der Waals surface area contributed by atoms with E-state index in [2.05, 4.69) is 5.32 Å². The largest absolute Gasteiger partial charge is 0.497 e. The van der Waals surface area contributed by atoms with Gasteiger partial charge in [0.2, 0.25) is 5.91 Å². The molecule has 2 saturated carbocycles. The zero-order chi connectivity index (χ0) is 14.4. The fraction of sp³-hybridized carbons (Fsp3) is 0.588. The maximum atomic E-state index is 12.7. The van der Waals surface area contributed by atoms with Crippen molar-refractivity contribution < 1.29 is 14.3 Å². The third-order valence-electron chi connectivity index (χ3n) is 5.41. The van der Waals surface area contributed by atoms with Gasteiger partial charge in [0.25, 0.3) is 0 Å². The van der Waals surface area contributed by atoms with Crippen LogP contribution in [-0.2, 0) is 14.9 Å². The molecular formula is C17H21NO3. The minimum atomic E-state index is -0.295. The van der Waals surface area contributed by atoms with Gasteiger partial charge in [-0.2, -0.15) is 0 Å². The number of carbonyl (C=O) groups is 1. The summed E-state index contributed by atoms with van der Waals surface area (Å²) in [7, 11) is 1.66. The fourth-order valence-corrected chi connectivity index (χ4v) is 3.75. The number of benzene rings is 1. The summed E-state index contributed by atoms with van der Waals surface area (Å²) in [6.45, 7) is 0.853. The molecule has 0 aromatic heterocycles. The van der Waals surface area contributed by atoms with Crippen LogP contribution in [0, 0.1) is 5.92 Å². The Morgan fingerprint density at radius 1 is 1.33 bits per heavy atom. The summed E-state index contributed by atoms with van der Waals surface area (Å²) in [5, 5.41) is 3.27. The van der Waals surface area contributed by atoms with Gasteiger partial charge in [-0.25, -0.2) is 0 Å². The summed E-state index contributed by atoms with van der Waals surface area (Å²) >= 11 is 0. The number of methoxy groups -OCH3 is 1. The highest BCUT2D eigenvalue weighted by atomic mass is 16.5. The van der Waals surface area contributed by atoms with Crippen molar-refractivity contribution in [2.45, 2.75) is 43.2 Å². The molecule has 3 atom stereocenters. The van der Waals surface area contributed by atoms with E-state index in [1.807, 2.05) is 24.3 Å². The quantitative estimate of drug-likeness (QED) is 0.921. The maximum absolute atomic E-state index is 12.7. The molecule has 1 aromatic carbocycles. The molecule has 112 valence electrons. The van der Waals surface area contributed by atoms with Gasteiger partial charge in [0, 0.05) is 18.6 Å². The lowest BCUT2D eigenvalue weighted by Gasteiger charge is -2.40. The summed E-state index contributed by atoms with van der Waals surface area (Å²) in [6.07, 6.45) is 4.36. The third kappa shape index (κ3) is 2.04. The Balaban J connectivity index is 1.45. The van der Waals surface area contributed by atoms with Crippen molar-refractivity contribution in [3.8, 4) is 5.75 Å². The van der Waals surface area contributed by atoms with Crippen molar-refractivity contribution >= 4 is 5.91 Å². The minimum absolute atomic E-state index is 0.197. The summed E-state index contributed by atoms with van der Waals surface area (Å²) in [6, 6.07) is 8.24. The number of carbonyl (C=O) groups excluding carboxylic acids is 1. The highest BCUT2D eigenvalue weighted by Gasteiger charge is 2.54. The van der Waals surface area contributed by atoms with Crippen LogP contribution >= 0.6 is 0 Å². The van der Waals surface area contributed by atoms with Crippen LogP contribution in [-0.4, -0.2) is 31.8 Å². The van der Waals surface area contributed by atoms with Gasteiger partial charge < -0.3 is 14.8 Å². The highest BCUT2D eigenvalue weighted by Crippen LogP contribution is 2.49. The van der Waals surface area contributed by atoms with Gasteiger partial charge in [0.1, 0.15) is 5.75 Å². The van der Waals surface area contributed by atoms with Crippen LogP contribution in [0.25, 0.3) is 0 Å². The third-order valence-corrected chi connectivity index (χ3v) is 5.41. The van der Waals surface area contributed by atoms with Gasteiger partial charge in [-0.05, 0) is 43.4 Å². The molecule has 0 radical (unpaired) electrons. The smallest absolute Gasteiger partial charge is 0.230 e. The average Bonchev–Trinajstić information content (AvgIpc) is 3.23. The second-order valence-electron chi connectivity index (χ2n) is 6.49. The van der Waals surface area contributed by atoms with Crippen LogP contribution in [0.15, 0.2) is 24.3 Å². The maximum Gasteiger partial charge on any atom is 0.230 e. The Bertz CT molecular complexity index is 550. The Morgan fingerprint density at radius 3 is 2.71 bits per heavy atom. The SMILES string of the molecule is COc1ccc(C2(C(=O)N[C@H]3C[C@@H]4OCC[C@H]34)CC2)cc1. The zero-order valence-electron chi connectivity index (χ0n) is 12.3. The topological polar surface area (TPSA) is 47.6 Å². The summed E-state index contributed by atoms with van der Waals surface area (Å²) in [5.74, 6) is 1.57. The van der Waals surface area contributed by atoms with E-state index in [9.17, 15) is 4.79 Å². The van der Waals surface area contributed by atoms with E-state index in [-0.39, 0.29) is 11.3 Å². The lowest BCUT2D eigenvalue weighted by atomic mass is 9.76. The molecule has 1 heterocycles. The molecule has 4 rings (SSSR count). The molecule has 0 unspecified atom stereocenters. The van der Waals surface area contributed by atoms with E-state index in [4.69, 9.17) is 9.47 Å². The number of ether oxygens (including phenoxy) is 2. The number of nitrogens with one attached hydrogen (secondary N) is 1. The molecule has 3 fully saturated rings. The van der Waals surface area contributed by atoms with Crippen LogP contribution in [0.4, 0.5) is 0 Å². The number of fused-ring (bicyclic) bond motifs is 1. The van der Waals surface area contributed by atoms with E-state index < -0.39 is 0 Å². The molecule has 4 nitrogen and oxygen atoms in total. The van der Waals surface area contributed by atoms with Crippen LogP contribution in [0.2, 0.25) is 0 Å². The van der Waals surface area contributed by atoms with Crippen molar-refractivity contribution in [1.29, 1.82) is 0 Å². The van der Waals surface area contributed by atoms with Crippen molar-refractivity contribution in [3.63, 3.8) is 0 Å². The summed E-state index contributed by atoms with van der Waals surface area (Å²) in [5.41, 5.74) is 0.816. The molecule has 0 spiro atoms. The molecule has 4 heteroatoms. The molecular weight excluding hydrogens is 266 g/mol. The molecule has 3 aliphatic rings. The van der Waals surface area contributed by atoms with E-state index in [1.165, 1.54) is 0 Å².